The standard InChI is InChI=1S/C15H21FN2O/c1-3-18(13-8-6-12(16)7-9-13)15(19)14-5-4-10-17-11(14)2/h6-9,11,14,17H,3-5,10H2,1-2H3. The van der Waals surface area contributed by atoms with Crippen molar-refractivity contribution in [1.82, 2.24) is 5.32 Å². The number of carbonyl (C=O) groups is 1. The molecule has 0 aliphatic carbocycles. The molecule has 0 radical (unpaired) electrons. The molecule has 0 spiro atoms. The number of halogens is 1. The molecular formula is C15H21FN2O. The number of hydrogen-bond donors (Lipinski definition) is 1. The monoisotopic (exact) mass is 264 g/mol. The van der Waals surface area contributed by atoms with E-state index in [1.54, 1.807) is 17.0 Å². The highest BCUT2D eigenvalue weighted by molar-refractivity contribution is 5.95. The van der Waals surface area contributed by atoms with E-state index in [1.165, 1.54) is 12.1 Å². The predicted molar refractivity (Wildman–Crippen MR) is 74.6 cm³/mol. The van der Waals surface area contributed by atoms with Crippen molar-refractivity contribution in [3.8, 4) is 0 Å². The third-order valence-electron chi connectivity index (χ3n) is 3.80. The lowest BCUT2D eigenvalue weighted by Crippen LogP contribution is -2.48. The van der Waals surface area contributed by atoms with Crippen molar-refractivity contribution in [1.29, 1.82) is 0 Å². The van der Waals surface area contributed by atoms with Gasteiger partial charge in [0.25, 0.3) is 0 Å². The number of hydrogen-bond acceptors (Lipinski definition) is 2. The second-order valence-corrected chi connectivity index (χ2v) is 5.05. The fraction of sp³-hybridized carbons (Fsp3) is 0.533. The Morgan fingerprint density at radius 3 is 2.68 bits per heavy atom. The predicted octanol–water partition coefficient (Wildman–Crippen LogP) is 2.57. The Kier molecular flexibility index (Phi) is 4.53. The van der Waals surface area contributed by atoms with Crippen molar-refractivity contribution in [3.63, 3.8) is 0 Å². The Morgan fingerprint density at radius 2 is 2.11 bits per heavy atom. The third-order valence-corrected chi connectivity index (χ3v) is 3.80. The molecule has 2 atom stereocenters. The molecule has 19 heavy (non-hydrogen) atoms. The van der Waals surface area contributed by atoms with Crippen LogP contribution >= 0.6 is 0 Å². The van der Waals surface area contributed by atoms with Gasteiger partial charge in [-0.05, 0) is 57.5 Å². The molecule has 104 valence electrons. The van der Waals surface area contributed by atoms with Crippen LogP contribution in [0.5, 0.6) is 0 Å². The zero-order valence-corrected chi connectivity index (χ0v) is 11.5. The largest absolute Gasteiger partial charge is 0.313 e. The van der Waals surface area contributed by atoms with Gasteiger partial charge in [-0.3, -0.25) is 4.79 Å². The number of rotatable bonds is 3. The Bertz CT molecular complexity index is 432. The zero-order valence-electron chi connectivity index (χ0n) is 11.5. The molecule has 1 aliphatic rings. The molecule has 3 nitrogen and oxygen atoms in total. The number of amides is 1. The van der Waals surface area contributed by atoms with Gasteiger partial charge in [0.2, 0.25) is 5.91 Å². The van der Waals surface area contributed by atoms with Crippen LogP contribution in [0, 0.1) is 11.7 Å². The number of carbonyl (C=O) groups excluding carboxylic acids is 1. The first kappa shape index (κ1) is 14.0. The number of benzene rings is 1. The van der Waals surface area contributed by atoms with E-state index in [9.17, 15) is 9.18 Å². The average Bonchev–Trinajstić information content (AvgIpc) is 2.42. The van der Waals surface area contributed by atoms with Crippen LogP contribution in [0.1, 0.15) is 26.7 Å². The SMILES string of the molecule is CCN(C(=O)C1CCCNC1C)c1ccc(F)cc1. The zero-order chi connectivity index (χ0) is 13.8. The Morgan fingerprint density at radius 1 is 1.42 bits per heavy atom. The van der Waals surface area contributed by atoms with E-state index in [0.717, 1.165) is 25.1 Å². The molecular weight excluding hydrogens is 243 g/mol. The van der Waals surface area contributed by atoms with Crippen molar-refractivity contribution in [2.75, 3.05) is 18.0 Å². The number of nitrogens with zero attached hydrogens (tertiary/aromatic N) is 1. The molecule has 1 fully saturated rings. The lowest BCUT2D eigenvalue weighted by molar-refractivity contribution is -0.123. The maximum absolute atomic E-state index is 13.0. The van der Waals surface area contributed by atoms with E-state index in [0.29, 0.717) is 6.54 Å². The van der Waals surface area contributed by atoms with Crippen LogP contribution in [0.25, 0.3) is 0 Å². The van der Waals surface area contributed by atoms with Gasteiger partial charge >= 0.3 is 0 Å². The van der Waals surface area contributed by atoms with Gasteiger partial charge < -0.3 is 10.2 Å². The highest BCUT2D eigenvalue weighted by Gasteiger charge is 2.31. The smallest absolute Gasteiger partial charge is 0.231 e. The summed E-state index contributed by atoms with van der Waals surface area (Å²) in [5, 5.41) is 3.34. The summed E-state index contributed by atoms with van der Waals surface area (Å²) < 4.78 is 13.0. The van der Waals surface area contributed by atoms with Crippen LogP contribution in [0.15, 0.2) is 24.3 Å². The molecule has 1 aromatic rings. The van der Waals surface area contributed by atoms with Gasteiger partial charge in [-0.2, -0.15) is 0 Å². The van der Waals surface area contributed by atoms with Crippen LogP contribution in [-0.2, 0) is 4.79 Å². The normalized spacial score (nSPS) is 23.1. The topological polar surface area (TPSA) is 32.3 Å². The quantitative estimate of drug-likeness (QED) is 0.910. The van der Waals surface area contributed by atoms with Gasteiger partial charge in [-0.25, -0.2) is 4.39 Å². The molecule has 0 aromatic heterocycles. The van der Waals surface area contributed by atoms with Crippen molar-refractivity contribution in [2.24, 2.45) is 5.92 Å². The van der Waals surface area contributed by atoms with Gasteiger partial charge in [-0.15, -0.1) is 0 Å². The van der Waals surface area contributed by atoms with Gasteiger partial charge in [0, 0.05) is 18.3 Å². The number of anilines is 1. The minimum Gasteiger partial charge on any atom is -0.313 e. The maximum atomic E-state index is 13.0. The van der Waals surface area contributed by atoms with Crippen LogP contribution < -0.4 is 10.2 Å². The molecule has 1 amide bonds. The summed E-state index contributed by atoms with van der Waals surface area (Å²) in [7, 11) is 0. The van der Waals surface area contributed by atoms with Gasteiger partial charge in [0.1, 0.15) is 5.82 Å². The Labute approximate surface area is 113 Å². The lowest BCUT2D eigenvalue weighted by atomic mass is 9.90. The molecule has 0 bridgehead atoms. The highest BCUT2D eigenvalue weighted by atomic mass is 19.1. The summed E-state index contributed by atoms with van der Waals surface area (Å²) in [5.41, 5.74) is 0.770. The maximum Gasteiger partial charge on any atom is 0.231 e. The molecule has 1 aliphatic heterocycles. The van der Waals surface area contributed by atoms with Gasteiger partial charge in [0.15, 0.2) is 0 Å². The van der Waals surface area contributed by atoms with Crippen LogP contribution in [0.3, 0.4) is 0 Å². The number of piperidine rings is 1. The van der Waals surface area contributed by atoms with Gasteiger partial charge in [-0.1, -0.05) is 0 Å². The van der Waals surface area contributed by atoms with Gasteiger partial charge in [0.05, 0.1) is 5.92 Å². The summed E-state index contributed by atoms with van der Waals surface area (Å²) in [6.45, 7) is 5.59. The fourth-order valence-electron chi connectivity index (χ4n) is 2.67. The van der Waals surface area contributed by atoms with Crippen molar-refractivity contribution < 1.29 is 9.18 Å². The Balaban J connectivity index is 2.16. The fourth-order valence-corrected chi connectivity index (χ4v) is 2.67. The second kappa shape index (κ2) is 6.15. The summed E-state index contributed by atoms with van der Waals surface area (Å²) in [6.07, 6.45) is 1.95. The van der Waals surface area contributed by atoms with Crippen molar-refractivity contribution >= 4 is 11.6 Å². The Hall–Kier alpha value is -1.42. The minimum absolute atomic E-state index is 0.0127. The first-order chi connectivity index (χ1) is 9.13. The van der Waals surface area contributed by atoms with E-state index in [4.69, 9.17) is 0 Å². The van der Waals surface area contributed by atoms with E-state index < -0.39 is 0 Å². The van der Waals surface area contributed by atoms with E-state index in [-0.39, 0.29) is 23.7 Å². The van der Waals surface area contributed by atoms with Crippen molar-refractivity contribution in [3.05, 3.63) is 30.1 Å². The van der Waals surface area contributed by atoms with Crippen LogP contribution in [0.4, 0.5) is 10.1 Å². The average molecular weight is 264 g/mol. The third kappa shape index (κ3) is 3.13. The lowest BCUT2D eigenvalue weighted by Gasteiger charge is -2.33. The molecule has 1 heterocycles. The molecule has 1 N–H and O–H groups in total. The molecule has 0 saturated carbocycles. The first-order valence-electron chi connectivity index (χ1n) is 6.93. The summed E-state index contributed by atoms with van der Waals surface area (Å²) in [4.78, 5) is 14.4. The molecule has 2 rings (SSSR count). The number of nitrogens with one attached hydrogen (secondary N) is 1. The molecule has 2 unspecified atom stereocenters. The summed E-state index contributed by atoms with van der Waals surface area (Å²) >= 11 is 0. The van der Waals surface area contributed by atoms with E-state index in [2.05, 4.69) is 12.2 Å². The van der Waals surface area contributed by atoms with Crippen molar-refractivity contribution in [2.45, 2.75) is 32.7 Å². The van der Waals surface area contributed by atoms with Crippen LogP contribution in [-0.4, -0.2) is 25.0 Å². The molecule has 1 saturated heterocycles. The summed E-state index contributed by atoms with van der Waals surface area (Å²) in [5.74, 6) is -0.132. The first-order valence-corrected chi connectivity index (χ1v) is 6.93. The van der Waals surface area contributed by atoms with Crippen LogP contribution in [0.2, 0.25) is 0 Å². The molecule has 4 heteroatoms. The highest BCUT2D eigenvalue weighted by Crippen LogP contribution is 2.23. The minimum atomic E-state index is -0.278. The van der Waals surface area contributed by atoms with E-state index in [1.807, 2.05) is 6.92 Å². The summed E-state index contributed by atoms with van der Waals surface area (Å²) in [6, 6.07) is 6.33. The molecule has 1 aromatic carbocycles. The second-order valence-electron chi connectivity index (χ2n) is 5.05. The van der Waals surface area contributed by atoms with E-state index >= 15 is 0 Å².